The lowest BCUT2D eigenvalue weighted by molar-refractivity contribution is 0.225. The number of piperazine rings is 1. The molecule has 2 aromatic carbocycles. The van der Waals surface area contributed by atoms with Gasteiger partial charge in [0.25, 0.3) is 5.56 Å². The standard InChI is InChI=1S/C25H27N3O2S.ClH/c1-26-11-8-19-6-7-20(18-22(19)25(26)29)30-16-3-10-27-12-14-28(15-13-27)23-4-2-5-24-21(23)9-17-31-24;/h2,4-9,11,17-18H,3,10,12-16H2,1H3;1H. The molecule has 0 N–H and O–H groups in total. The van der Waals surface area contributed by atoms with E-state index < -0.39 is 0 Å². The van der Waals surface area contributed by atoms with Crippen LogP contribution in [0.4, 0.5) is 5.69 Å². The quantitative estimate of drug-likeness (QED) is 0.381. The number of benzene rings is 2. The van der Waals surface area contributed by atoms with Gasteiger partial charge in [0.2, 0.25) is 0 Å². The molecular formula is C25H28ClN3O2S. The first kappa shape index (κ1) is 22.6. The molecule has 7 heteroatoms. The molecule has 3 heterocycles. The van der Waals surface area contributed by atoms with Gasteiger partial charge in [-0.3, -0.25) is 9.69 Å². The predicted molar refractivity (Wildman–Crippen MR) is 137 cm³/mol. The summed E-state index contributed by atoms with van der Waals surface area (Å²) in [6.07, 6.45) is 2.77. The molecule has 32 heavy (non-hydrogen) atoms. The number of hydrogen-bond acceptors (Lipinski definition) is 5. The fourth-order valence-corrected chi connectivity index (χ4v) is 5.16. The highest BCUT2D eigenvalue weighted by Crippen LogP contribution is 2.31. The van der Waals surface area contributed by atoms with E-state index in [1.54, 1.807) is 17.8 Å². The summed E-state index contributed by atoms with van der Waals surface area (Å²) in [5, 5.41) is 5.21. The van der Waals surface area contributed by atoms with Gasteiger partial charge in [0.15, 0.2) is 0 Å². The monoisotopic (exact) mass is 469 g/mol. The second-order valence-corrected chi connectivity index (χ2v) is 9.07. The minimum absolute atomic E-state index is 0. The molecule has 0 atom stereocenters. The molecule has 5 rings (SSSR count). The first-order valence-corrected chi connectivity index (χ1v) is 11.7. The Kier molecular flexibility index (Phi) is 7.04. The van der Waals surface area contributed by atoms with Crippen molar-refractivity contribution in [1.82, 2.24) is 9.47 Å². The zero-order chi connectivity index (χ0) is 21.2. The molecule has 0 unspecified atom stereocenters. The predicted octanol–water partition coefficient (Wildman–Crippen LogP) is 4.77. The lowest BCUT2D eigenvalue weighted by atomic mass is 10.1. The number of thiophene rings is 1. The number of hydrogen-bond donors (Lipinski definition) is 0. The second-order valence-electron chi connectivity index (χ2n) is 8.12. The van der Waals surface area contributed by atoms with Gasteiger partial charge in [-0.15, -0.1) is 23.7 Å². The first-order valence-electron chi connectivity index (χ1n) is 10.8. The molecule has 4 aromatic rings. The summed E-state index contributed by atoms with van der Waals surface area (Å²) in [6.45, 7) is 5.96. The third kappa shape index (κ3) is 4.63. The Morgan fingerprint density at radius 3 is 2.69 bits per heavy atom. The van der Waals surface area contributed by atoms with E-state index in [1.807, 2.05) is 35.6 Å². The molecule has 0 bridgehead atoms. The Labute approximate surface area is 198 Å². The Morgan fingerprint density at radius 1 is 1.00 bits per heavy atom. The SMILES string of the molecule is Cl.Cn1ccc2ccc(OCCCN3CCN(c4cccc5sccc45)CC3)cc2c1=O. The van der Waals surface area contributed by atoms with E-state index in [4.69, 9.17) is 4.74 Å². The van der Waals surface area contributed by atoms with Crippen LogP contribution in [0.25, 0.3) is 20.9 Å². The van der Waals surface area contributed by atoms with E-state index in [2.05, 4.69) is 39.4 Å². The normalized spacial score (nSPS) is 14.6. The molecule has 0 aliphatic carbocycles. The van der Waals surface area contributed by atoms with Crippen LogP contribution in [0.15, 0.2) is 64.9 Å². The largest absolute Gasteiger partial charge is 0.494 e. The molecule has 1 aliphatic rings. The Morgan fingerprint density at radius 2 is 1.84 bits per heavy atom. The van der Waals surface area contributed by atoms with Crippen LogP contribution in [0.2, 0.25) is 0 Å². The summed E-state index contributed by atoms with van der Waals surface area (Å²) in [4.78, 5) is 17.3. The maximum Gasteiger partial charge on any atom is 0.258 e. The molecule has 1 saturated heterocycles. The van der Waals surface area contributed by atoms with E-state index in [-0.39, 0.29) is 18.0 Å². The van der Waals surface area contributed by atoms with Crippen molar-refractivity contribution in [2.24, 2.45) is 7.05 Å². The van der Waals surface area contributed by atoms with E-state index in [1.165, 1.54) is 15.8 Å². The molecule has 1 fully saturated rings. The third-order valence-corrected chi connectivity index (χ3v) is 7.01. The number of aryl methyl sites for hydroxylation is 1. The van der Waals surface area contributed by atoms with Crippen LogP contribution >= 0.6 is 23.7 Å². The van der Waals surface area contributed by atoms with Crippen molar-refractivity contribution in [3.05, 3.63) is 70.5 Å². The van der Waals surface area contributed by atoms with Crippen LogP contribution < -0.4 is 15.2 Å². The van der Waals surface area contributed by atoms with Crippen LogP contribution in [0.1, 0.15) is 6.42 Å². The Hall–Kier alpha value is -2.54. The van der Waals surface area contributed by atoms with Crippen LogP contribution in [0.3, 0.4) is 0 Å². The van der Waals surface area contributed by atoms with Gasteiger partial charge in [0, 0.05) is 61.7 Å². The zero-order valence-electron chi connectivity index (χ0n) is 18.2. The van der Waals surface area contributed by atoms with Crippen molar-refractivity contribution in [3.63, 3.8) is 0 Å². The highest BCUT2D eigenvalue weighted by molar-refractivity contribution is 7.17. The Balaban J connectivity index is 0.00000245. The average Bonchev–Trinajstić information content (AvgIpc) is 3.29. The van der Waals surface area contributed by atoms with E-state index in [0.717, 1.165) is 50.3 Å². The molecule has 0 amide bonds. The van der Waals surface area contributed by atoms with E-state index in [9.17, 15) is 4.79 Å². The molecule has 5 nitrogen and oxygen atoms in total. The molecule has 0 radical (unpaired) electrons. The number of fused-ring (bicyclic) bond motifs is 2. The number of rotatable bonds is 6. The van der Waals surface area contributed by atoms with Crippen LogP contribution in [-0.4, -0.2) is 48.8 Å². The number of halogens is 1. The molecule has 168 valence electrons. The van der Waals surface area contributed by atoms with Gasteiger partial charge < -0.3 is 14.2 Å². The minimum atomic E-state index is 0. The van der Waals surface area contributed by atoms with Crippen molar-refractivity contribution in [1.29, 1.82) is 0 Å². The summed E-state index contributed by atoms with van der Waals surface area (Å²) in [5.41, 5.74) is 1.38. The maximum atomic E-state index is 12.3. The van der Waals surface area contributed by atoms with Crippen LogP contribution in [0, 0.1) is 0 Å². The van der Waals surface area contributed by atoms with Crippen molar-refractivity contribution in [2.75, 3.05) is 44.2 Å². The summed E-state index contributed by atoms with van der Waals surface area (Å²) >= 11 is 1.81. The van der Waals surface area contributed by atoms with Crippen LogP contribution in [0.5, 0.6) is 5.75 Å². The van der Waals surface area contributed by atoms with Gasteiger partial charge in [0.05, 0.1) is 12.0 Å². The summed E-state index contributed by atoms with van der Waals surface area (Å²) in [6, 6.07) is 16.6. The zero-order valence-corrected chi connectivity index (χ0v) is 19.8. The number of pyridine rings is 1. The number of nitrogens with zero attached hydrogens (tertiary/aromatic N) is 3. The van der Waals surface area contributed by atoms with Gasteiger partial charge in [-0.05, 0) is 53.6 Å². The first-order chi connectivity index (χ1) is 15.2. The maximum absolute atomic E-state index is 12.3. The fourth-order valence-electron chi connectivity index (χ4n) is 4.35. The molecule has 0 spiro atoms. The average molecular weight is 470 g/mol. The van der Waals surface area contributed by atoms with E-state index in [0.29, 0.717) is 12.0 Å². The van der Waals surface area contributed by atoms with Gasteiger partial charge in [-0.2, -0.15) is 0 Å². The van der Waals surface area contributed by atoms with Crippen molar-refractivity contribution in [3.8, 4) is 5.75 Å². The van der Waals surface area contributed by atoms with E-state index >= 15 is 0 Å². The van der Waals surface area contributed by atoms with Crippen molar-refractivity contribution >= 4 is 50.3 Å². The topological polar surface area (TPSA) is 37.7 Å². The highest BCUT2D eigenvalue weighted by Gasteiger charge is 2.18. The second kappa shape index (κ2) is 9.94. The summed E-state index contributed by atoms with van der Waals surface area (Å²) in [5.74, 6) is 0.768. The fraction of sp³-hybridized carbons (Fsp3) is 0.320. The smallest absolute Gasteiger partial charge is 0.258 e. The van der Waals surface area contributed by atoms with Gasteiger partial charge in [-0.25, -0.2) is 0 Å². The number of ether oxygens (including phenoxy) is 1. The van der Waals surface area contributed by atoms with Gasteiger partial charge in [-0.1, -0.05) is 12.1 Å². The third-order valence-electron chi connectivity index (χ3n) is 6.13. The molecule has 1 aliphatic heterocycles. The minimum Gasteiger partial charge on any atom is -0.494 e. The molecule has 2 aromatic heterocycles. The van der Waals surface area contributed by atoms with Gasteiger partial charge >= 0.3 is 0 Å². The van der Waals surface area contributed by atoms with Crippen molar-refractivity contribution in [2.45, 2.75) is 6.42 Å². The lowest BCUT2D eigenvalue weighted by Gasteiger charge is -2.36. The summed E-state index contributed by atoms with van der Waals surface area (Å²) < 4.78 is 8.91. The Bertz CT molecular complexity index is 1260. The van der Waals surface area contributed by atoms with Gasteiger partial charge in [0.1, 0.15) is 5.75 Å². The van der Waals surface area contributed by atoms with Crippen LogP contribution in [-0.2, 0) is 7.05 Å². The molecular weight excluding hydrogens is 442 g/mol. The highest BCUT2D eigenvalue weighted by atomic mass is 35.5. The summed E-state index contributed by atoms with van der Waals surface area (Å²) in [7, 11) is 1.77. The molecule has 0 saturated carbocycles. The lowest BCUT2D eigenvalue weighted by Crippen LogP contribution is -2.46. The number of aromatic nitrogens is 1. The number of anilines is 1. The van der Waals surface area contributed by atoms with Crippen molar-refractivity contribution < 1.29 is 4.74 Å².